The van der Waals surface area contributed by atoms with Crippen LogP contribution in [0.4, 0.5) is 18.9 Å². The topological polar surface area (TPSA) is 21.3 Å². The average molecular weight is 279 g/mol. The first kappa shape index (κ1) is 12.8. The van der Waals surface area contributed by atoms with E-state index >= 15 is 0 Å². The molecular formula is C15H12F3NO. The third-order valence-corrected chi connectivity index (χ3v) is 3.27. The Bertz CT molecular complexity index is 610. The predicted octanol–water partition coefficient (Wildman–Crippen LogP) is 4.29. The van der Waals surface area contributed by atoms with Crippen LogP contribution < -0.4 is 10.1 Å². The molecule has 0 fully saturated rings. The lowest BCUT2D eigenvalue weighted by Crippen LogP contribution is -2.17. The van der Waals surface area contributed by atoms with Crippen LogP contribution in [0.25, 0.3) is 0 Å². The number of hydrogen-bond donors (Lipinski definition) is 1. The van der Waals surface area contributed by atoms with Crippen molar-refractivity contribution in [3.8, 4) is 5.75 Å². The van der Waals surface area contributed by atoms with Crippen LogP contribution in [0.1, 0.15) is 17.2 Å². The van der Waals surface area contributed by atoms with Crippen molar-refractivity contribution in [1.29, 1.82) is 0 Å². The Balaban J connectivity index is 1.80. The maximum Gasteiger partial charge on any atom is 0.573 e. The molecular weight excluding hydrogens is 267 g/mol. The third kappa shape index (κ3) is 2.71. The summed E-state index contributed by atoms with van der Waals surface area (Å²) in [6.45, 7) is 0. The SMILES string of the molecule is FC(F)(F)Oc1ccc2c(c1)CC(c1ccccc1)N2. The summed E-state index contributed by atoms with van der Waals surface area (Å²) in [5, 5.41) is 3.30. The van der Waals surface area contributed by atoms with Crippen LogP contribution in [0.3, 0.4) is 0 Å². The molecule has 0 saturated heterocycles. The van der Waals surface area contributed by atoms with Gasteiger partial charge in [-0.15, -0.1) is 13.2 Å². The quantitative estimate of drug-likeness (QED) is 0.885. The van der Waals surface area contributed by atoms with Gasteiger partial charge in [0.25, 0.3) is 0 Å². The highest BCUT2D eigenvalue weighted by molar-refractivity contribution is 5.60. The van der Waals surface area contributed by atoms with Crippen LogP contribution in [0.5, 0.6) is 5.75 Å². The van der Waals surface area contributed by atoms with E-state index in [0.29, 0.717) is 6.42 Å². The van der Waals surface area contributed by atoms with Gasteiger partial charge in [0.15, 0.2) is 0 Å². The summed E-state index contributed by atoms with van der Waals surface area (Å²) in [6.07, 6.45) is -4.01. The molecule has 3 rings (SSSR count). The minimum absolute atomic E-state index is 0.0901. The van der Waals surface area contributed by atoms with E-state index in [1.165, 1.54) is 12.1 Å². The van der Waals surface area contributed by atoms with Gasteiger partial charge in [-0.05, 0) is 35.7 Å². The van der Waals surface area contributed by atoms with Gasteiger partial charge in [0, 0.05) is 5.69 Å². The summed E-state index contributed by atoms with van der Waals surface area (Å²) in [7, 11) is 0. The largest absolute Gasteiger partial charge is 0.573 e. The number of halogens is 3. The number of alkyl halides is 3. The van der Waals surface area contributed by atoms with E-state index in [9.17, 15) is 13.2 Å². The predicted molar refractivity (Wildman–Crippen MR) is 69.6 cm³/mol. The molecule has 0 bridgehead atoms. The van der Waals surface area contributed by atoms with Gasteiger partial charge in [-0.2, -0.15) is 0 Å². The Morgan fingerprint density at radius 3 is 2.50 bits per heavy atom. The third-order valence-electron chi connectivity index (χ3n) is 3.27. The highest BCUT2D eigenvalue weighted by Crippen LogP contribution is 2.37. The molecule has 2 nitrogen and oxygen atoms in total. The molecule has 0 aromatic heterocycles. The first-order valence-corrected chi connectivity index (χ1v) is 6.21. The summed E-state index contributed by atoms with van der Waals surface area (Å²) >= 11 is 0. The second-order valence-corrected chi connectivity index (χ2v) is 4.68. The van der Waals surface area contributed by atoms with Gasteiger partial charge in [-0.25, -0.2) is 0 Å². The molecule has 0 radical (unpaired) electrons. The van der Waals surface area contributed by atoms with Crippen molar-refractivity contribution in [1.82, 2.24) is 0 Å². The average Bonchev–Trinajstić information content (AvgIpc) is 2.81. The van der Waals surface area contributed by atoms with Crippen LogP contribution in [0, 0.1) is 0 Å². The number of anilines is 1. The summed E-state index contributed by atoms with van der Waals surface area (Å²) in [4.78, 5) is 0. The maximum atomic E-state index is 12.2. The summed E-state index contributed by atoms with van der Waals surface area (Å²) < 4.78 is 40.5. The summed E-state index contributed by atoms with van der Waals surface area (Å²) in [6, 6.07) is 14.3. The standard InChI is InChI=1S/C15H12F3NO/c16-15(17,18)20-12-6-7-13-11(8-12)9-14(19-13)10-4-2-1-3-5-10/h1-8,14,19H,9H2. The highest BCUT2D eigenvalue weighted by atomic mass is 19.4. The fourth-order valence-corrected chi connectivity index (χ4v) is 2.42. The minimum Gasteiger partial charge on any atom is -0.406 e. The lowest BCUT2D eigenvalue weighted by molar-refractivity contribution is -0.274. The van der Waals surface area contributed by atoms with Crippen molar-refractivity contribution >= 4 is 5.69 Å². The van der Waals surface area contributed by atoms with E-state index in [1.54, 1.807) is 6.07 Å². The number of ether oxygens (including phenoxy) is 1. The molecule has 1 unspecified atom stereocenters. The van der Waals surface area contributed by atoms with Crippen LogP contribution >= 0.6 is 0 Å². The van der Waals surface area contributed by atoms with Crippen molar-refractivity contribution in [3.05, 3.63) is 59.7 Å². The molecule has 20 heavy (non-hydrogen) atoms. The van der Waals surface area contributed by atoms with Crippen molar-refractivity contribution in [3.63, 3.8) is 0 Å². The van der Waals surface area contributed by atoms with E-state index < -0.39 is 6.36 Å². The fraction of sp³-hybridized carbons (Fsp3) is 0.200. The van der Waals surface area contributed by atoms with Gasteiger partial charge in [0.1, 0.15) is 5.75 Å². The van der Waals surface area contributed by atoms with Crippen molar-refractivity contribution in [2.75, 3.05) is 5.32 Å². The molecule has 1 aliphatic heterocycles. The first-order valence-electron chi connectivity index (χ1n) is 6.21. The monoisotopic (exact) mass is 279 g/mol. The number of rotatable bonds is 2. The Morgan fingerprint density at radius 2 is 1.80 bits per heavy atom. The molecule has 1 N–H and O–H groups in total. The molecule has 1 heterocycles. The lowest BCUT2D eigenvalue weighted by atomic mass is 10.0. The summed E-state index contributed by atoms with van der Waals surface area (Å²) in [5.74, 6) is -0.174. The van der Waals surface area contributed by atoms with E-state index in [4.69, 9.17) is 0 Å². The van der Waals surface area contributed by atoms with Gasteiger partial charge in [0.2, 0.25) is 0 Å². The molecule has 1 aliphatic rings. The van der Waals surface area contributed by atoms with Gasteiger partial charge in [0.05, 0.1) is 6.04 Å². The van der Waals surface area contributed by atoms with Crippen LogP contribution in [-0.4, -0.2) is 6.36 Å². The minimum atomic E-state index is -4.65. The Morgan fingerprint density at radius 1 is 1.05 bits per heavy atom. The maximum absolute atomic E-state index is 12.2. The van der Waals surface area contributed by atoms with Gasteiger partial charge in [-0.1, -0.05) is 30.3 Å². The van der Waals surface area contributed by atoms with Crippen molar-refractivity contribution < 1.29 is 17.9 Å². The molecule has 5 heteroatoms. The second-order valence-electron chi connectivity index (χ2n) is 4.68. The Kier molecular flexibility index (Phi) is 3.04. The van der Waals surface area contributed by atoms with E-state index in [0.717, 1.165) is 16.8 Å². The smallest absolute Gasteiger partial charge is 0.406 e. The first-order chi connectivity index (χ1) is 9.51. The molecule has 0 amide bonds. The normalized spacial score (nSPS) is 17.4. The number of nitrogens with one attached hydrogen (secondary N) is 1. The van der Waals surface area contributed by atoms with Crippen LogP contribution in [0.2, 0.25) is 0 Å². The van der Waals surface area contributed by atoms with Gasteiger partial charge >= 0.3 is 6.36 Å². The van der Waals surface area contributed by atoms with E-state index in [1.807, 2.05) is 30.3 Å². The molecule has 1 atom stereocenters. The lowest BCUT2D eigenvalue weighted by Gasteiger charge is -2.11. The van der Waals surface area contributed by atoms with Gasteiger partial charge in [-0.3, -0.25) is 0 Å². The number of benzene rings is 2. The van der Waals surface area contributed by atoms with Crippen molar-refractivity contribution in [2.45, 2.75) is 18.8 Å². The molecule has 2 aromatic rings. The molecule has 0 aliphatic carbocycles. The van der Waals surface area contributed by atoms with Gasteiger partial charge < -0.3 is 10.1 Å². The van der Waals surface area contributed by atoms with E-state index in [-0.39, 0.29) is 11.8 Å². The summed E-state index contributed by atoms with van der Waals surface area (Å²) in [5.41, 5.74) is 2.80. The Labute approximate surface area is 114 Å². The number of fused-ring (bicyclic) bond motifs is 1. The molecule has 104 valence electrons. The van der Waals surface area contributed by atoms with E-state index in [2.05, 4.69) is 10.1 Å². The number of hydrogen-bond acceptors (Lipinski definition) is 2. The fourth-order valence-electron chi connectivity index (χ4n) is 2.42. The zero-order valence-electron chi connectivity index (χ0n) is 10.4. The zero-order valence-corrected chi connectivity index (χ0v) is 10.4. The second kappa shape index (κ2) is 4.74. The zero-order chi connectivity index (χ0) is 14.2. The molecule has 0 spiro atoms. The highest BCUT2D eigenvalue weighted by Gasteiger charge is 2.32. The molecule has 2 aromatic carbocycles. The van der Waals surface area contributed by atoms with Crippen molar-refractivity contribution in [2.24, 2.45) is 0 Å². The molecule has 0 saturated carbocycles. The Hall–Kier alpha value is -2.17. The van der Waals surface area contributed by atoms with Crippen LogP contribution in [-0.2, 0) is 6.42 Å². The van der Waals surface area contributed by atoms with Crippen LogP contribution in [0.15, 0.2) is 48.5 Å².